The second-order valence-electron chi connectivity index (χ2n) is 9.17. The fraction of sp³-hybridized carbons (Fsp3) is 0.560. The smallest absolute Gasteiger partial charge is 0.253 e. The predicted molar refractivity (Wildman–Crippen MR) is 123 cm³/mol. The Morgan fingerprint density at radius 2 is 1.42 bits per heavy atom. The molecule has 5 rings (SSSR count). The highest BCUT2D eigenvalue weighted by Crippen LogP contribution is 2.24. The predicted octanol–water partition coefficient (Wildman–Crippen LogP) is 3.83. The van der Waals surface area contributed by atoms with Crippen molar-refractivity contribution < 1.29 is 4.79 Å². The Morgan fingerprint density at radius 3 is 2.06 bits per heavy atom. The average Bonchev–Trinajstić information content (AvgIpc) is 3.40. The van der Waals surface area contributed by atoms with Crippen molar-refractivity contribution in [2.24, 2.45) is 0 Å². The molecule has 0 radical (unpaired) electrons. The van der Waals surface area contributed by atoms with E-state index in [0.717, 1.165) is 61.7 Å². The number of benzene rings is 1. The topological polar surface area (TPSA) is 52.6 Å². The molecule has 0 spiro atoms. The quantitative estimate of drug-likeness (QED) is 0.754. The van der Waals surface area contributed by atoms with Crippen molar-refractivity contribution in [3.8, 4) is 11.3 Å². The number of carbonyl (C=O) groups excluding carboxylic acids is 1. The highest BCUT2D eigenvalue weighted by molar-refractivity contribution is 5.94. The van der Waals surface area contributed by atoms with E-state index in [4.69, 9.17) is 0 Å². The fourth-order valence-corrected chi connectivity index (χ4v) is 5.28. The summed E-state index contributed by atoms with van der Waals surface area (Å²) in [5.41, 5.74) is 2.62. The number of rotatable bonds is 4. The third-order valence-corrected chi connectivity index (χ3v) is 7.17. The molecule has 4 heterocycles. The maximum atomic E-state index is 13.0. The summed E-state index contributed by atoms with van der Waals surface area (Å²) in [5, 5.41) is 8.83. The van der Waals surface area contributed by atoms with Gasteiger partial charge >= 0.3 is 0 Å². The molecule has 3 aliphatic rings. The van der Waals surface area contributed by atoms with Gasteiger partial charge in [0.25, 0.3) is 5.91 Å². The van der Waals surface area contributed by atoms with Crippen LogP contribution in [0.25, 0.3) is 11.3 Å². The summed E-state index contributed by atoms with van der Waals surface area (Å²) in [6.07, 6.45) is 8.70. The number of likely N-dealkylation sites (tertiary alicyclic amines) is 2. The number of nitrogens with zero attached hydrogens (tertiary/aromatic N) is 5. The van der Waals surface area contributed by atoms with Crippen LogP contribution in [0, 0.1) is 0 Å². The zero-order chi connectivity index (χ0) is 21.0. The molecule has 0 aliphatic carbocycles. The number of anilines is 1. The third-order valence-electron chi connectivity index (χ3n) is 7.17. The molecule has 1 amide bonds. The van der Waals surface area contributed by atoms with Crippen LogP contribution in [0.3, 0.4) is 0 Å². The largest absolute Gasteiger partial charge is 0.355 e. The first-order valence-electron chi connectivity index (χ1n) is 12.0. The SMILES string of the molecule is O=C(c1ccc(-c2ccc(N3CCCC3)nn2)cc1)N1CCC(N2CCCCC2)CC1. The number of aromatic nitrogens is 2. The van der Waals surface area contributed by atoms with E-state index in [1.807, 2.05) is 35.2 Å². The number of amides is 1. The molecule has 2 aromatic rings. The van der Waals surface area contributed by atoms with Crippen molar-refractivity contribution in [1.29, 1.82) is 0 Å². The lowest BCUT2D eigenvalue weighted by molar-refractivity contribution is 0.0590. The van der Waals surface area contributed by atoms with Crippen LogP contribution >= 0.6 is 0 Å². The highest BCUT2D eigenvalue weighted by Gasteiger charge is 2.28. The van der Waals surface area contributed by atoms with E-state index in [9.17, 15) is 4.79 Å². The molecule has 0 unspecified atom stereocenters. The zero-order valence-electron chi connectivity index (χ0n) is 18.4. The van der Waals surface area contributed by atoms with Gasteiger partial charge in [-0.2, -0.15) is 0 Å². The maximum Gasteiger partial charge on any atom is 0.253 e. The molecule has 6 heteroatoms. The molecule has 0 saturated carbocycles. The third kappa shape index (κ3) is 4.59. The van der Waals surface area contributed by atoms with Crippen LogP contribution in [0.4, 0.5) is 5.82 Å². The second-order valence-corrected chi connectivity index (χ2v) is 9.17. The molecule has 0 bridgehead atoms. The Balaban J connectivity index is 1.18. The number of hydrogen-bond acceptors (Lipinski definition) is 5. The molecule has 0 atom stereocenters. The number of piperidine rings is 2. The first-order chi connectivity index (χ1) is 15.3. The van der Waals surface area contributed by atoms with Crippen LogP contribution in [0.2, 0.25) is 0 Å². The monoisotopic (exact) mass is 419 g/mol. The lowest BCUT2D eigenvalue weighted by Crippen LogP contribution is -2.48. The first kappa shape index (κ1) is 20.4. The van der Waals surface area contributed by atoms with Crippen molar-refractivity contribution in [2.75, 3.05) is 44.2 Å². The maximum absolute atomic E-state index is 13.0. The van der Waals surface area contributed by atoms with E-state index in [1.165, 1.54) is 45.2 Å². The van der Waals surface area contributed by atoms with Gasteiger partial charge in [-0.15, -0.1) is 10.2 Å². The van der Waals surface area contributed by atoms with E-state index in [2.05, 4.69) is 26.1 Å². The van der Waals surface area contributed by atoms with Crippen molar-refractivity contribution >= 4 is 11.7 Å². The Labute approximate surface area is 185 Å². The second kappa shape index (κ2) is 9.35. The highest BCUT2D eigenvalue weighted by atomic mass is 16.2. The Kier molecular flexibility index (Phi) is 6.16. The van der Waals surface area contributed by atoms with E-state index in [0.29, 0.717) is 6.04 Å². The van der Waals surface area contributed by atoms with Gasteiger partial charge in [-0.3, -0.25) is 4.79 Å². The van der Waals surface area contributed by atoms with Crippen molar-refractivity contribution in [3.05, 3.63) is 42.0 Å². The van der Waals surface area contributed by atoms with E-state index in [-0.39, 0.29) is 5.91 Å². The minimum atomic E-state index is 0.152. The number of hydrogen-bond donors (Lipinski definition) is 0. The molecule has 164 valence electrons. The molecule has 0 N–H and O–H groups in total. The summed E-state index contributed by atoms with van der Waals surface area (Å²) in [7, 11) is 0. The van der Waals surface area contributed by atoms with E-state index in [1.54, 1.807) is 0 Å². The summed E-state index contributed by atoms with van der Waals surface area (Å²) < 4.78 is 0. The van der Waals surface area contributed by atoms with Gasteiger partial charge in [-0.05, 0) is 75.9 Å². The van der Waals surface area contributed by atoms with Crippen LogP contribution in [0.15, 0.2) is 36.4 Å². The van der Waals surface area contributed by atoms with Gasteiger partial charge in [-0.1, -0.05) is 18.6 Å². The summed E-state index contributed by atoms with van der Waals surface area (Å²) in [4.78, 5) is 20.0. The van der Waals surface area contributed by atoms with Crippen molar-refractivity contribution in [3.63, 3.8) is 0 Å². The molecule has 1 aromatic carbocycles. The lowest BCUT2D eigenvalue weighted by Gasteiger charge is -2.40. The summed E-state index contributed by atoms with van der Waals surface area (Å²) in [6.45, 7) is 6.35. The molecule has 1 aromatic heterocycles. The van der Waals surface area contributed by atoms with Gasteiger partial charge in [0.15, 0.2) is 5.82 Å². The standard InChI is InChI=1S/C25H33N5O/c31-25(30-18-12-22(13-19-30)28-14-2-1-3-15-28)21-8-6-20(7-9-21)23-10-11-24(27-26-23)29-16-4-5-17-29/h6-11,22H,1-5,12-19H2. The lowest BCUT2D eigenvalue weighted by atomic mass is 9.99. The minimum Gasteiger partial charge on any atom is -0.355 e. The average molecular weight is 420 g/mol. The molecule has 3 aliphatic heterocycles. The Morgan fingerprint density at radius 1 is 0.742 bits per heavy atom. The molecule has 3 fully saturated rings. The summed E-state index contributed by atoms with van der Waals surface area (Å²) in [6, 6.07) is 12.6. The van der Waals surface area contributed by atoms with Crippen LogP contribution in [-0.2, 0) is 0 Å². The molecular weight excluding hydrogens is 386 g/mol. The fourth-order valence-electron chi connectivity index (χ4n) is 5.28. The Hall–Kier alpha value is -2.47. The van der Waals surface area contributed by atoms with E-state index < -0.39 is 0 Å². The Bertz CT molecular complexity index is 862. The first-order valence-corrected chi connectivity index (χ1v) is 12.0. The van der Waals surface area contributed by atoms with Gasteiger partial charge in [0.2, 0.25) is 0 Å². The zero-order valence-corrected chi connectivity index (χ0v) is 18.4. The van der Waals surface area contributed by atoms with Crippen LogP contribution in [0.5, 0.6) is 0 Å². The molecule has 6 nitrogen and oxygen atoms in total. The van der Waals surface area contributed by atoms with Gasteiger partial charge in [-0.25, -0.2) is 0 Å². The van der Waals surface area contributed by atoms with Gasteiger partial charge in [0.1, 0.15) is 0 Å². The van der Waals surface area contributed by atoms with E-state index >= 15 is 0 Å². The van der Waals surface area contributed by atoms with Crippen LogP contribution < -0.4 is 4.90 Å². The molecular formula is C25H33N5O. The van der Waals surface area contributed by atoms with Crippen LogP contribution in [0.1, 0.15) is 55.3 Å². The van der Waals surface area contributed by atoms with Crippen molar-refractivity contribution in [2.45, 2.75) is 51.0 Å². The summed E-state index contributed by atoms with van der Waals surface area (Å²) >= 11 is 0. The van der Waals surface area contributed by atoms with Gasteiger partial charge in [0.05, 0.1) is 5.69 Å². The summed E-state index contributed by atoms with van der Waals surface area (Å²) in [5.74, 6) is 1.11. The molecule has 31 heavy (non-hydrogen) atoms. The molecule has 3 saturated heterocycles. The van der Waals surface area contributed by atoms with Crippen molar-refractivity contribution in [1.82, 2.24) is 20.0 Å². The van der Waals surface area contributed by atoms with Crippen LogP contribution in [-0.4, -0.2) is 71.2 Å². The van der Waals surface area contributed by atoms with Gasteiger partial charge < -0.3 is 14.7 Å². The minimum absolute atomic E-state index is 0.152. The van der Waals surface area contributed by atoms with Gasteiger partial charge in [0, 0.05) is 43.3 Å². The number of carbonyl (C=O) groups is 1. The normalized spacial score (nSPS) is 20.9.